The van der Waals surface area contributed by atoms with E-state index in [0.29, 0.717) is 22.4 Å². The van der Waals surface area contributed by atoms with Crippen LogP contribution in [0.2, 0.25) is 0 Å². The molecule has 2 unspecified atom stereocenters. The van der Waals surface area contributed by atoms with Crippen molar-refractivity contribution in [2.45, 2.75) is 31.5 Å². The van der Waals surface area contributed by atoms with Crippen LogP contribution in [0.4, 0.5) is 8.78 Å². The molecule has 2 aromatic carbocycles. The summed E-state index contributed by atoms with van der Waals surface area (Å²) in [7, 11) is 0. The molecule has 0 bridgehead atoms. The topological polar surface area (TPSA) is 110 Å². The fourth-order valence-corrected chi connectivity index (χ4v) is 4.68. The fraction of sp³-hybridized carbons (Fsp3) is 0.208. The number of benzene rings is 2. The van der Waals surface area contributed by atoms with E-state index in [1.165, 1.54) is 12.3 Å². The highest BCUT2D eigenvalue weighted by molar-refractivity contribution is 7.77. The number of rotatable bonds is 7. The Balaban J connectivity index is 1.82. The summed E-state index contributed by atoms with van der Waals surface area (Å²) in [5.41, 5.74) is 1.98. The Bertz CT molecular complexity index is 1480. The molecule has 2 heterocycles. The van der Waals surface area contributed by atoms with Crippen LogP contribution in [0, 0.1) is 11.6 Å². The van der Waals surface area contributed by atoms with Gasteiger partial charge >= 0.3 is 0 Å². The van der Waals surface area contributed by atoms with E-state index in [1.54, 1.807) is 16.7 Å². The van der Waals surface area contributed by atoms with Gasteiger partial charge in [-0.15, -0.1) is 0 Å². The minimum atomic E-state index is -2.82. The van der Waals surface area contributed by atoms with Crippen LogP contribution in [0.25, 0.3) is 22.0 Å². The molecule has 2 aromatic heterocycles. The third kappa shape index (κ3) is 4.21. The molecule has 1 aliphatic rings. The van der Waals surface area contributed by atoms with E-state index in [1.807, 2.05) is 22.9 Å². The van der Waals surface area contributed by atoms with Crippen LogP contribution < -0.4 is 10.3 Å². The molecule has 5 rings (SSSR count). The molecule has 0 aliphatic heterocycles. The maximum absolute atomic E-state index is 14.6. The minimum Gasteiger partial charge on any atom is -0.760 e. The number of aromatic nitrogens is 2. The van der Waals surface area contributed by atoms with Gasteiger partial charge in [-0.05, 0) is 54.7 Å². The lowest BCUT2D eigenvalue weighted by atomic mass is 10.00. The lowest BCUT2D eigenvalue weighted by Crippen LogP contribution is -2.26. The second-order valence-corrected chi connectivity index (χ2v) is 9.01. The van der Waals surface area contributed by atoms with Gasteiger partial charge < -0.3 is 19.2 Å². The largest absolute Gasteiger partial charge is 0.760 e. The number of aliphatic hydroxyl groups excluding tert-OH is 1. The van der Waals surface area contributed by atoms with Crippen LogP contribution in [-0.2, 0) is 17.8 Å². The molecule has 0 amide bonds. The molecule has 0 saturated heterocycles. The Labute approximate surface area is 195 Å². The van der Waals surface area contributed by atoms with E-state index in [2.05, 4.69) is 4.98 Å². The second kappa shape index (κ2) is 8.88. The van der Waals surface area contributed by atoms with Crippen molar-refractivity contribution in [1.29, 1.82) is 0 Å². The van der Waals surface area contributed by atoms with Gasteiger partial charge in [0.1, 0.15) is 11.6 Å². The van der Waals surface area contributed by atoms with Crippen LogP contribution >= 0.6 is 0 Å². The van der Waals surface area contributed by atoms with Gasteiger partial charge in [0.15, 0.2) is 6.23 Å². The van der Waals surface area contributed by atoms with Crippen molar-refractivity contribution in [3.8, 4) is 11.1 Å². The van der Waals surface area contributed by atoms with Gasteiger partial charge in [-0.25, -0.2) is 13.5 Å². The number of nitrogens with one attached hydrogen (secondary N) is 2. The van der Waals surface area contributed by atoms with Crippen molar-refractivity contribution in [2.75, 3.05) is 0 Å². The van der Waals surface area contributed by atoms with E-state index in [-0.39, 0.29) is 23.4 Å². The number of H-pyrrole nitrogens is 1. The molecule has 0 radical (unpaired) electrons. The van der Waals surface area contributed by atoms with Crippen LogP contribution in [0.5, 0.6) is 0 Å². The molecule has 1 fully saturated rings. The summed E-state index contributed by atoms with van der Waals surface area (Å²) in [4.78, 5) is 15.4. The van der Waals surface area contributed by atoms with Gasteiger partial charge in [0.05, 0.1) is 12.2 Å². The SMILES string of the molecule is O=c1[nH]cccc1-c1c(C(O)NS(=O)[O-])n(Cc2ccc(F)cc2F)c2ccc(C3CC3)cc12. The molecule has 3 N–H and O–H groups in total. The third-order valence-corrected chi connectivity index (χ3v) is 6.49. The number of aliphatic hydroxyl groups is 1. The lowest BCUT2D eigenvalue weighted by Gasteiger charge is -2.20. The molecule has 7 nitrogen and oxygen atoms in total. The zero-order chi connectivity index (χ0) is 24.0. The summed E-state index contributed by atoms with van der Waals surface area (Å²) < 4.78 is 54.4. The average molecular weight is 485 g/mol. The van der Waals surface area contributed by atoms with Crippen molar-refractivity contribution in [3.05, 3.63) is 93.5 Å². The van der Waals surface area contributed by atoms with E-state index in [0.717, 1.165) is 30.5 Å². The smallest absolute Gasteiger partial charge is 0.255 e. The molecular formula is C24H20F2N3O4S-. The standard InChI is InChI=1S/C24H21F2N3O4S/c25-16-7-5-15(19(26)11-16)12-29-20-8-6-14(13-3-4-13)10-18(20)21(17-2-1-9-27-23(17)30)22(29)24(31)28-34(32)33/h1-2,5-11,13,24,28,31H,3-4,12H2,(H,27,30)(H,32,33)/p-1. The van der Waals surface area contributed by atoms with E-state index in [9.17, 15) is 27.4 Å². The van der Waals surface area contributed by atoms with Crippen LogP contribution in [0.1, 0.15) is 41.8 Å². The Hall–Kier alpha value is -3.18. The van der Waals surface area contributed by atoms with Crippen molar-refractivity contribution >= 4 is 22.2 Å². The number of hydrogen-bond acceptors (Lipinski definition) is 4. The molecule has 10 heteroatoms. The van der Waals surface area contributed by atoms with E-state index >= 15 is 0 Å². The quantitative estimate of drug-likeness (QED) is 0.275. The number of aromatic amines is 1. The summed E-state index contributed by atoms with van der Waals surface area (Å²) >= 11 is -2.82. The predicted molar refractivity (Wildman–Crippen MR) is 122 cm³/mol. The van der Waals surface area contributed by atoms with Crippen LogP contribution in [0.15, 0.2) is 59.5 Å². The fourth-order valence-electron chi connectivity index (χ4n) is 4.39. The Morgan fingerprint density at radius 2 is 2.00 bits per heavy atom. The average Bonchev–Trinajstić information content (AvgIpc) is 3.59. The van der Waals surface area contributed by atoms with E-state index in [4.69, 9.17) is 0 Å². The zero-order valence-electron chi connectivity index (χ0n) is 17.8. The van der Waals surface area contributed by atoms with Gasteiger partial charge in [0.25, 0.3) is 5.56 Å². The first kappa shape index (κ1) is 22.6. The Morgan fingerprint density at radius 1 is 1.21 bits per heavy atom. The van der Waals surface area contributed by atoms with Crippen molar-refractivity contribution in [1.82, 2.24) is 14.3 Å². The first-order chi connectivity index (χ1) is 16.3. The molecule has 1 aliphatic carbocycles. The molecule has 1 saturated carbocycles. The van der Waals surface area contributed by atoms with Crippen molar-refractivity contribution in [2.24, 2.45) is 0 Å². The van der Waals surface area contributed by atoms with E-state index < -0.39 is 34.7 Å². The Morgan fingerprint density at radius 3 is 2.68 bits per heavy atom. The monoisotopic (exact) mass is 484 g/mol. The first-order valence-corrected chi connectivity index (χ1v) is 11.7. The van der Waals surface area contributed by atoms with Crippen LogP contribution in [0.3, 0.4) is 0 Å². The summed E-state index contributed by atoms with van der Waals surface area (Å²) in [5.74, 6) is -1.12. The summed E-state index contributed by atoms with van der Waals surface area (Å²) in [5, 5.41) is 11.5. The molecule has 2 atom stereocenters. The van der Waals surface area contributed by atoms with Gasteiger partial charge in [0, 0.05) is 51.1 Å². The van der Waals surface area contributed by atoms with Gasteiger partial charge in [-0.1, -0.05) is 12.1 Å². The van der Waals surface area contributed by atoms with Crippen molar-refractivity contribution in [3.63, 3.8) is 0 Å². The normalized spacial score (nSPS) is 15.5. The summed E-state index contributed by atoms with van der Waals surface area (Å²) in [6.07, 6.45) is 1.82. The van der Waals surface area contributed by atoms with Gasteiger partial charge in [0.2, 0.25) is 0 Å². The minimum absolute atomic E-state index is 0.0765. The highest BCUT2D eigenvalue weighted by Crippen LogP contribution is 2.44. The maximum Gasteiger partial charge on any atom is 0.255 e. The number of pyridine rings is 1. The zero-order valence-corrected chi connectivity index (χ0v) is 18.6. The lowest BCUT2D eigenvalue weighted by molar-refractivity contribution is 0.157. The number of nitrogens with zero attached hydrogens (tertiary/aromatic N) is 1. The maximum atomic E-state index is 14.6. The molecule has 0 spiro atoms. The molecule has 34 heavy (non-hydrogen) atoms. The summed E-state index contributed by atoms with van der Waals surface area (Å²) in [6.45, 7) is -0.129. The highest BCUT2D eigenvalue weighted by Gasteiger charge is 2.29. The molecule has 176 valence electrons. The number of halogens is 2. The van der Waals surface area contributed by atoms with Gasteiger partial charge in [-0.2, -0.15) is 0 Å². The van der Waals surface area contributed by atoms with Crippen LogP contribution in [-0.4, -0.2) is 23.4 Å². The molecular weight excluding hydrogens is 464 g/mol. The third-order valence-electron chi connectivity index (χ3n) is 6.07. The number of fused-ring (bicyclic) bond motifs is 1. The predicted octanol–water partition coefficient (Wildman–Crippen LogP) is 3.58. The molecule has 4 aromatic rings. The highest BCUT2D eigenvalue weighted by atomic mass is 32.2. The summed E-state index contributed by atoms with van der Waals surface area (Å²) in [6, 6.07) is 12.1. The van der Waals surface area contributed by atoms with Gasteiger partial charge in [-0.3, -0.25) is 9.00 Å². The number of hydrogen-bond donors (Lipinski definition) is 3. The second-order valence-electron chi connectivity index (χ2n) is 8.30. The Kier molecular flexibility index (Phi) is 5.90. The first-order valence-electron chi connectivity index (χ1n) is 10.6. The van der Waals surface area contributed by atoms with Crippen molar-refractivity contribution < 1.29 is 22.6 Å².